The second kappa shape index (κ2) is 2.90. The smallest absolute Gasteiger partial charge is 0.221 e. The number of carbonyl (C=O) groups is 1. The highest BCUT2D eigenvalue weighted by Crippen LogP contribution is 2.29. The van der Waals surface area contributed by atoms with Crippen LogP contribution in [-0.4, -0.2) is 18.5 Å². The highest BCUT2D eigenvalue weighted by atomic mass is 16.1. The van der Waals surface area contributed by atoms with Gasteiger partial charge in [-0.15, -0.1) is 0 Å². The lowest BCUT2D eigenvalue weighted by Gasteiger charge is -2.30. The molecule has 3 N–H and O–H groups in total. The van der Waals surface area contributed by atoms with Gasteiger partial charge < -0.3 is 11.1 Å². The summed E-state index contributed by atoms with van der Waals surface area (Å²) in [6, 6.07) is 0.501. The number of allylic oxidation sites excluding steroid dienone is 1. The van der Waals surface area contributed by atoms with Crippen molar-refractivity contribution in [3.05, 3.63) is 12.2 Å². The SMILES string of the molecule is NC(=O)C1CNC2C=CCC2C1. The van der Waals surface area contributed by atoms with E-state index in [1.165, 1.54) is 0 Å². The van der Waals surface area contributed by atoms with E-state index < -0.39 is 0 Å². The monoisotopic (exact) mass is 166 g/mol. The number of fused-ring (bicyclic) bond motifs is 1. The van der Waals surface area contributed by atoms with E-state index in [1.54, 1.807) is 0 Å². The Bertz CT molecular complexity index is 225. The molecular weight excluding hydrogens is 152 g/mol. The van der Waals surface area contributed by atoms with E-state index in [0.29, 0.717) is 12.0 Å². The summed E-state index contributed by atoms with van der Waals surface area (Å²) in [4.78, 5) is 10.9. The van der Waals surface area contributed by atoms with Gasteiger partial charge in [-0.05, 0) is 18.8 Å². The minimum atomic E-state index is -0.159. The maximum Gasteiger partial charge on any atom is 0.221 e. The summed E-state index contributed by atoms with van der Waals surface area (Å²) in [5.74, 6) is 0.496. The molecule has 1 fully saturated rings. The molecule has 3 heteroatoms. The molecule has 1 heterocycles. The van der Waals surface area contributed by atoms with Crippen LogP contribution in [0.3, 0.4) is 0 Å². The van der Waals surface area contributed by atoms with Crippen LogP contribution in [0.15, 0.2) is 12.2 Å². The van der Waals surface area contributed by atoms with E-state index >= 15 is 0 Å². The summed E-state index contributed by atoms with van der Waals surface area (Å²) < 4.78 is 0. The van der Waals surface area contributed by atoms with Crippen LogP contribution < -0.4 is 11.1 Å². The molecule has 0 aromatic heterocycles. The first-order chi connectivity index (χ1) is 5.77. The first-order valence-corrected chi connectivity index (χ1v) is 4.46. The van der Waals surface area contributed by atoms with Crippen molar-refractivity contribution in [2.24, 2.45) is 17.6 Å². The lowest BCUT2D eigenvalue weighted by atomic mass is 9.86. The molecule has 2 aliphatic rings. The van der Waals surface area contributed by atoms with Crippen molar-refractivity contribution in [3.63, 3.8) is 0 Å². The first kappa shape index (κ1) is 7.80. The second-order valence-corrected chi connectivity index (χ2v) is 3.69. The zero-order valence-electron chi connectivity index (χ0n) is 6.99. The number of nitrogens with one attached hydrogen (secondary N) is 1. The van der Waals surface area contributed by atoms with Crippen LogP contribution in [0, 0.1) is 11.8 Å². The number of rotatable bonds is 1. The van der Waals surface area contributed by atoms with E-state index in [2.05, 4.69) is 17.5 Å². The molecule has 12 heavy (non-hydrogen) atoms. The van der Waals surface area contributed by atoms with E-state index in [9.17, 15) is 4.79 Å². The third kappa shape index (κ3) is 1.25. The van der Waals surface area contributed by atoms with Gasteiger partial charge in [0.25, 0.3) is 0 Å². The first-order valence-electron chi connectivity index (χ1n) is 4.46. The molecule has 2 rings (SSSR count). The van der Waals surface area contributed by atoms with Crippen molar-refractivity contribution in [2.75, 3.05) is 6.54 Å². The minimum absolute atomic E-state index is 0.0474. The van der Waals surface area contributed by atoms with Crippen molar-refractivity contribution < 1.29 is 4.79 Å². The zero-order valence-corrected chi connectivity index (χ0v) is 6.99. The summed E-state index contributed by atoms with van der Waals surface area (Å²) in [7, 11) is 0. The van der Waals surface area contributed by atoms with E-state index in [0.717, 1.165) is 19.4 Å². The highest BCUT2D eigenvalue weighted by molar-refractivity contribution is 5.77. The van der Waals surface area contributed by atoms with Crippen LogP contribution in [0.25, 0.3) is 0 Å². The Balaban J connectivity index is 1.99. The van der Waals surface area contributed by atoms with Gasteiger partial charge in [0.15, 0.2) is 0 Å². The third-order valence-electron chi connectivity index (χ3n) is 2.88. The summed E-state index contributed by atoms with van der Waals surface area (Å²) in [5, 5.41) is 3.32. The van der Waals surface area contributed by atoms with Crippen LogP contribution in [0.2, 0.25) is 0 Å². The number of nitrogens with two attached hydrogens (primary N) is 1. The summed E-state index contributed by atoms with van der Waals surface area (Å²) in [6.07, 6.45) is 6.44. The Morgan fingerprint density at radius 1 is 1.58 bits per heavy atom. The quantitative estimate of drug-likeness (QED) is 0.540. The summed E-state index contributed by atoms with van der Waals surface area (Å²) >= 11 is 0. The average molecular weight is 166 g/mol. The Hall–Kier alpha value is -0.830. The van der Waals surface area contributed by atoms with Gasteiger partial charge in [0.1, 0.15) is 0 Å². The minimum Gasteiger partial charge on any atom is -0.369 e. The maximum absolute atomic E-state index is 10.9. The van der Waals surface area contributed by atoms with Gasteiger partial charge in [-0.2, -0.15) is 0 Å². The van der Waals surface area contributed by atoms with Crippen molar-refractivity contribution in [3.8, 4) is 0 Å². The van der Waals surface area contributed by atoms with E-state index in [-0.39, 0.29) is 11.8 Å². The molecule has 1 aliphatic heterocycles. The summed E-state index contributed by atoms with van der Waals surface area (Å²) in [6.45, 7) is 0.751. The second-order valence-electron chi connectivity index (χ2n) is 3.69. The molecule has 1 saturated heterocycles. The Morgan fingerprint density at radius 2 is 2.42 bits per heavy atom. The molecule has 0 radical (unpaired) electrons. The lowest BCUT2D eigenvalue weighted by Crippen LogP contribution is -2.46. The molecule has 0 aromatic rings. The molecule has 0 bridgehead atoms. The van der Waals surface area contributed by atoms with E-state index in [4.69, 9.17) is 5.73 Å². The lowest BCUT2D eigenvalue weighted by molar-refractivity contribution is -0.122. The number of amides is 1. The standard InChI is InChI=1S/C9H14N2O/c10-9(12)7-4-6-2-1-3-8(6)11-5-7/h1,3,6-8,11H,2,4-5H2,(H2,10,12). The largest absolute Gasteiger partial charge is 0.369 e. The fourth-order valence-electron chi connectivity index (χ4n) is 2.13. The van der Waals surface area contributed by atoms with Crippen LogP contribution in [-0.2, 0) is 4.79 Å². The fraction of sp³-hybridized carbons (Fsp3) is 0.667. The molecule has 1 amide bonds. The Labute approximate surface area is 72.0 Å². The maximum atomic E-state index is 10.9. The number of hydrogen-bond donors (Lipinski definition) is 2. The Morgan fingerprint density at radius 3 is 3.17 bits per heavy atom. The van der Waals surface area contributed by atoms with Crippen LogP contribution >= 0.6 is 0 Å². The van der Waals surface area contributed by atoms with Crippen molar-refractivity contribution in [1.82, 2.24) is 5.32 Å². The van der Waals surface area contributed by atoms with Gasteiger partial charge in [-0.25, -0.2) is 0 Å². The van der Waals surface area contributed by atoms with Crippen molar-refractivity contribution in [1.29, 1.82) is 0 Å². The highest BCUT2D eigenvalue weighted by Gasteiger charge is 2.32. The van der Waals surface area contributed by atoms with Gasteiger partial charge in [0.2, 0.25) is 5.91 Å². The number of carbonyl (C=O) groups excluding carboxylic acids is 1. The average Bonchev–Trinajstić information content (AvgIpc) is 2.49. The molecule has 1 aliphatic carbocycles. The summed E-state index contributed by atoms with van der Waals surface area (Å²) in [5.41, 5.74) is 5.25. The van der Waals surface area contributed by atoms with Crippen molar-refractivity contribution in [2.45, 2.75) is 18.9 Å². The van der Waals surface area contributed by atoms with Gasteiger partial charge in [-0.1, -0.05) is 12.2 Å². The predicted molar refractivity (Wildman–Crippen MR) is 46.3 cm³/mol. The fourth-order valence-corrected chi connectivity index (χ4v) is 2.13. The third-order valence-corrected chi connectivity index (χ3v) is 2.88. The Kier molecular flexibility index (Phi) is 1.89. The molecular formula is C9H14N2O. The normalized spacial score (nSPS) is 39.5. The number of primary amides is 1. The molecule has 3 nitrogen and oxygen atoms in total. The zero-order chi connectivity index (χ0) is 8.55. The molecule has 0 spiro atoms. The molecule has 3 unspecified atom stereocenters. The molecule has 3 atom stereocenters. The van der Waals surface area contributed by atoms with Gasteiger partial charge in [0.05, 0.1) is 5.92 Å². The van der Waals surface area contributed by atoms with Gasteiger partial charge in [-0.3, -0.25) is 4.79 Å². The van der Waals surface area contributed by atoms with Crippen LogP contribution in [0.5, 0.6) is 0 Å². The van der Waals surface area contributed by atoms with Crippen LogP contribution in [0.4, 0.5) is 0 Å². The van der Waals surface area contributed by atoms with Gasteiger partial charge >= 0.3 is 0 Å². The van der Waals surface area contributed by atoms with Crippen molar-refractivity contribution >= 4 is 5.91 Å². The topological polar surface area (TPSA) is 55.1 Å². The molecule has 66 valence electrons. The van der Waals surface area contributed by atoms with E-state index in [1.807, 2.05) is 0 Å². The number of piperidine rings is 1. The van der Waals surface area contributed by atoms with Crippen LogP contribution in [0.1, 0.15) is 12.8 Å². The number of hydrogen-bond acceptors (Lipinski definition) is 2. The molecule has 0 aromatic carbocycles. The van der Waals surface area contributed by atoms with Gasteiger partial charge in [0, 0.05) is 12.6 Å². The predicted octanol–water partition coefficient (Wildman–Crippen LogP) is 0.0259. The molecule has 0 saturated carbocycles.